The SMILES string of the molecule is C=C(c1cc2c(cc1C)C=CCC2)c1c(N=CC)cc(C)c(-c2ccccc2C)c1C. The van der Waals surface area contributed by atoms with Gasteiger partial charge in [0.2, 0.25) is 0 Å². The van der Waals surface area contributed by atoms with Crippen molar-refractivity contribution in [3.05, 3.63) is 99.6 Å². The lowest BCUT2D eigenvalue weighted by Gasteiger charge is -2.22. The van der Waals surface area contributed by atoms with E-state index in [-0.39, 0.29) is 0 Å². The molecule has 0 amide bonds. The summed E-state index contributed by atoms with van der Waals surface area (Å²) in [7, 11) is 0. The molecule has 31 heavy (non-hydrogen) atoms. The number of benzene rings is 3. The first-order chi connectivity index (χ1) is 14.9. The molecule has 0 atom stereocenters. The molecule has 0 heterocycles. The highest BCUT2D eigenvalue weighted by Crippen LogP contribution is 2.42. The average Bonchev–Trinajstić information content (AvgIpc) is 2.74. The lowest BCUT2D eigenvalue weighted by molar-refractivity contribution is 0.982. The van der Waals surface area contributed by atoms with Gasteiger partial charge in [-0.2, -0.15) is 0 Å². The minimum atomic E-state index is 0.997. The molecule has 4 rings (SSSR count). The molecule has 0 radical (unpaired) electrons. The summed E-state index contributed by atoms with van der Waals surface area (Å²) in [6.45, 7) is 15.4. The van der Waals surface area contributed by atoms with Gasteiger partial charge in [-0.15, -0.1) is 0 Å². The lowest BCUT2D eigenvalue weighted by atomic mass is 9.83. The predicted molar refractivity (Wildman–Crippen MR) is 137 cm³/mol. The zero-order chi connectivity index (χ0) is 22.1. The molecule has 0 aliphatic heterocycles. The summed E-state index contributed by atoms with van der Waals surface area (Å²) in [4.78, 5) is 4.75. The van der Waals surface area contributed by atoms with E-state index in [9.17, 15) is 0 Å². The van der Waals surface area contributed by atoms with Gasteiger partial charge in [-0.3, -0.25) is 4.99 Å². The number of aliphatic imine (C=N–C) groups is 1. The average molecular weight is 406 g/mol. The second kappa shape index (κ2) is 8.51. The molecular formula is C30H31N. The number of hydrogen-bond donors (Lipinski definition) is 0. The van der Waals surface area contributed by atoms with Crippen molar-refractivity contribution in [1.82, 2.24) is 0 Å². The fraction of sp³-hybridized carbons (Fsp3) is 0.233. The maximum atomic E-state index is 4.75. The van der Waals surface area contributed by atoms with Gasteiger partial charge in [-0.25, -0.2) is 0 Å². The molecule has 3 aromatic carbocycles. The van der Waals surface area contributed by atoms with Crippen LogP contribution in [0.1, 0.15) is 57.9 Å². The Morgan fingerprint density at radius 1 is 0.968 bits per heavy atom. The fourth-order valence-electron chi connectivity index (χ4n) is 4.91. The van der Waals surface area contributed by atoms with Crippen molar-refractivity contribution in [3.63, 3.8) is 0 Å². The summed E-state index contributed by atoms with van der Waals surface area (Å²) in [5.41, 5.74) is 14.8. The van der Waals surface area contributed by atoms with Crippen molar-refractivity contribution in [1.29, 1.82) is 0 Å². The topological polar surface area (TPSA) is 12.4 Å². The summed E-state index contributed by atoms with van der Waals surface area (Å²) in [5.74, 6) is 0. The van der Waals surface area contributed by atoms with Crippen molar-refractivity contribution in [3.8, 4) is 11.1 Å². The molecule has 0 saturated heterocycles. The van der Waals surface area contributed by atoms with E-state index in [1.165, 1.54) is 50.1 Å². The second-order valence-corrected chi connectivity index (χ2v) is 8.58. The zero-order valence-corrected chi connectivity index (χ0v) is 19.3. The Hall–Kier alpha value is -3.19. The van der Waals surface area contributed by atoms with Crippen LogP contribution in [-0.2, 0) is 6.42 Å². The Labute approximate surface area is 186 Å². The molecule has 156 valence electrons. The van der Waals surface area contributed by atoms with E-state index < -0.39 is 0 Å². The van der Waals surface area contributed by atoms with Gasteiger partial charge in [-0.1, -0.05) is 55.1 Å². The van der Waals surface area contributed by atoms with Crippen molar-refractivity contribution in [2.75, 3.05) is 0 Å². The highest BCUT2D eigenvalue weighted by atomic mass is 14.7. The molecule has 1 nitrogen and oxygen atoms in total. The Balaban J connectivity index is 1.96. The van der Waals surface area contributed by atoms with Crippen LogP contribution >= 0.6 is 0 Å². The first-order valence-corrected chi connectivity index (χ1v) is 11.1. The Morgan fingerprint density at radius 2 is 1.74 bits per heavy atom. The smallest absolute Gasteiger partial charge is 0.0709 e. The predicted octanol–water partition coefficient (Wildman–Crippen LogP) is 8.33. The standard InChI is InChI=1S/C30H31N/c1-7-31-28-17-21(4)29(26-15-11-8-12-19(26)2)23(6)30(28)22(5)27-18-25-14-10-9-13-24(25)16-20(27)3/h7-9,11-13,15-18H,5,10,14H2,1-4,6H3. The highest BCUT2D eigenvalue weighted by molar-refractivity contribution is 5.92. The van der Waals surface area contributed by atoms with Crippen LogP contribution in [0.5, 0.6) is 0 Å². The highest BCUT2D eigenvalue weighted by Gasteiger charge is 2.20. The van der Waals surface area contributed by atoms with Gasteiger partial charge in [0.15, 0.2) is 0 Å². The summed E-state index contributed by atoms with van der Waals surface area (Å²) in [5, 5.41) is 0. The molecule has 0 spiro atoms. The summed E-state index contributed by atoms with van der Waals surface area (Å²) < 4.78 is 0. The number of nitrogens with zero attached hydrogens (tertiary/aromatic N) is 1. The minimum absolute atomic E-state index is 0.997. The van der Waals surface area contributed by atoms with Crippen LogP contribution in [0, 0.1) is 27.7 Å². The van der Waals surface area contributed by atoms with Crippen LogP contribution in [0.3, 0.4) is 0 Å². The van der Waals surface area contributed by atoms with Crippen molar-refractivity contribution >= 4 is 23.6 Å². The zero-order valence-electron chi connectivity index (χ0n) is 19.3. The van der Waals surface area contributed by atoms with Crippen LogP contribution in [0.25, 0.3) is 22.8 Å². The van der Waals surface area contributed by atoms with Gasteiger partial charge in [0.05, 0.1) is 5.69 Å². The Morgan fingerprint density at radius 3 is 2.48 bits per heavy atom. The molecule has 1 aliphatic rings. The van der Waals surface area contributed by atoms with E-state index in [1.807, 2.05) is 13.1 Å². The third-order valence-corrected chi connectivity index (χ3v) is 6.43. The van der Waals surface area contributed by atoms with Gasteiger partial charge in [0.1, 0.15) is 0 Å². The van der Waals surface area contributed by atoms with E-state index in [4.69, 9.17) is 4.99 Å². The molecule has 1 heteroatoms. The van der Waals surface area contributed by atoms with Gasteiger partial charge in [-0.05, 0) is 109 Å². The molecule has 0 unspecified atom stereocenters. The quantitative estimate of drug-likeness (QED) is 0.387. The normalized spacial score (nSPS) is 12.9. The van der Waals surface area contributed by atoms with Crippen LogP contribution in [0.15, 0.2) is 60.1 Å². The summed E-state index contributed by atoms with van der Waals surface area (Å²) in [6.07, 6.45) is 8.59. The Bertz CT molecular complexity index is 1240. The second-order valence-electron chi connectivity index (χ2n) is 8.58. The largest absolute Gasteiger partial charge is 0.261 e. The van der Waals surface area contributed by atoms with Gasteiger partial charge in [0.25, 0.3) is 0 Å². The Kier molecular flexibility index (Phi) is 5.78. The third-order valence-electron chi connectivity index (χ3n) is 6.43. The number of fused-ring (bicyclic) bond motifs is 1. The van der Waals surface area contributed by atoms with Crippen LogP contribution < -0.4 is 0 Å². The third kappa shape index (κ3) is 3.81. The van der Waals surface area contributed by atoms with Crippen molar-refractivity contribution in [2.24, 2.45) is 4.99 Å². The van der Waals surface area contributed by atoms with Crippen LogP contribution in [-0.4, -0.2) is 6.21 Å². The number of aryl methyl sites for hydroxylation is 4. The van der Waals surface area contributed by atoms with Gasteiger partial charge in [0, 0.05) is 11.8 Å². The van der Waals surface area contributed by atoms with E-state index in [0.717, 1.165) is 29.7 Å². The molecule has 0 saturated carbocycles. The number of rotatable bonds is 4. The molecule has 0 fully saturated rings. The van der Waals surface area contributed by atoms with E-state index in [2.05, 4.69) is 88.9 Å². The maximum Gasteiger partial charge on any atom is 0.0709 e. The molecule has 1 aliphatic carbocycles. The molecule has 0 bridgehead atoms. The van der Waals surface area contributed by atoms with E-state index in [1.54, 1.807) is 0 Å². The fourth-order valence-corrected chi connectivity index (χ4v) is 4.91. The molecule has 3 aromatic rings. The molecule has 0 N–H and O–H groups in total. The van der Waals surface area contributed by atoms with Gasteiger partial charge < -0.3 is 0 Å². The first-order valence-electron chi connectivity index (χ1n) is 11.1. The van der Waals surface area contributed by atoms with E-state index >= 15 is 0 Å². The van der Waals surface area contributed by atoms with E-state index in [0.29, 0.717) is 0 Å². The first kappa shape index (κ1) is 21.1. The molecule has 0 aromatic heterocycles. The lowest BCUT2D eigenvalue weighted by Crippen LogP contribution is -2.02. The summed E-state index contributed by atoms with van der Waals surface area (Å²) >= 11 is 0. The molecular weight excluding hydrogens is 374 g/mol. The number of hydrogen-bond acceptors (Lipinski definition) is 1. The minimum Gasteiger partial charge on any atom is -0.261 e. The maximum absolute atomic E-state index is 4.75. The van der Waals surface area contributed by atoms with Crippen LogP contribution in [0.2, 0.25) is 0 Å². The van der Waals surface area contributed by atoms with Crippen LogP contribution in [0.4, 0.5) is 5.69 Å². The monoisotopic (exact) mass is 405 g/mol. The van der Waals surface area contributed by atoms with Gasteiger partial charge >= 0.3 is 0 Å². The van der Waals surface area contributed by atoms with Crippen molar-refractivity contribution in [2.45, 2.75) is 47.5 Å². The number of allylic oxidation sites excluding steroid dienone is 1. The van der Waals surface area contributed by atoms with Crippen molar-refractivity contribution < 1.29 is 0 Å². The summed E-state index contributed by atoms with van der Waals surface area (Å²) in [6, 6.07) is 15.5.